The van der Waals surface area contributed by atoms with Crippen molar-refractivity contribution in [2.24, 2.45) is 10.9 Å². The van der Waals surface area contributed by atoms with Crippen LogP contribution < -0.4 is 0 Å². The summed E-state index contributed by atoms with van der Waals surface area (Å²) >= 11 is 3.30. The fourth-order valence-corrected chi connectivity index (χ4v) is 1.91. The Labute approximate surface area is 103 Å². The first-order valence-corrected chi connectivity index (χ1v) is 6.06. The number of aliphatic imine (C=N–C) groups is 1. The number of rotatable bonds is 2. The van der Waals surface area contributed by atoms with Gasteiger partial charge in [0.05, 0.1) is 11.6 Å². The van der Waals surface area contributed by atoms with Crippen molar-refractivity contribution in [3.8, 4) is 5.75 Å². The summed E-state index contributed by atoms with van der Waals surface area (Å²) < 4.78 is 6.35. The maximum Gasteiger partial charge on any atom is 0.220 e. The lowest BCUT2D eigenvalue weighted by molar-refractivity contribution is 0.291. The van der Waals surface area contributed by atoms with Crippen LogP contribution in [0.5, 0.6) is 5.75 Å². The fraction of sp³-hybridized carbons (Fsp3) is 0.417. The molecule has 0 saturated heterocycles. The minimum atomic E-state index is 0.192. The molecule has 16 heavy (non-hydrogen) atoms. The molecule has 1 N–H and O–H groups in total. The summed E-state index contributed by atoms with van der Waals surface area (Å²) in [7, 11) is 0. The number of phenolic OH excluding ortho intramolecular Hbond substituents is 1. The average Bonchev–Trinajstić information content (AvgIpc) is 2.66. The molecular formula is C12H14BrNO2. The van der Waals surface area contributed by atoms with Crippen LogP contribution in [0.1, 0.15) is 19.4 Å². The zero-order chi connectivity index (χ0) is 11.7. The Bertz CT molecular complexity index is 429. The van der Waals surface area contributed by atoms with Gasteiger partial charge in [-0.05, 0) is 24.1 Å². The highest BCUT2D eigenvalue weighted by Crippen LogP contribution is 2.26. The Balaban J connectivity index is 2.29. The van der Waals surface area contributed by atoms with Crippen LogP contribution >= 0.6 is 15.9 Å². The van der Waals surface area contributed by atoms with Gasteiger partial charge in [-0.2, -0.15) is 0 Å². The SMILES string of the molecule is CC(C)C1COC(c2ccc(Br)cc2O)=N1. The summed E-state index contributed by atoms with van der Waals surface area (Å²) in [6, 6.07) is 5.51. The molecule has 1 unspecified atom stereocenters. The third-order valence-electron chi connectivity index (χ3n) is 2.63. The van der Waals surface area contributed by atoms with Gasteiger partial charge in [0, 0.05) is 4.47 Å². The Morgan fingerprint density at radius 1 is 1.50 bits per heavy atom. The Morgan fingerprint density at radius 2 is 2.25 bits per heavy atom. The predicted molar refractivity (Wildman–Crippen MR) is 66.9 cm³/mol. The van der Waals surface area contributed by atoms with Crippen LogP contribution in [-0.4, -0.2) is 23.7 Å². The number of aromatic hydroxyl groups is 1. The molecule has 1 heterocycles. The van der Waals surface area contributed by atoms with Crippen molar-refractivity contribution < 1.29 is 9.84 Å². The molecule has 4 heteroatoms. The minimum Gasteiger partial charge on any atom is -0.507 e. The molecule has 0 aliphatic carbocycles. The quantitative estimate of drug-likeness (QED) is 0.907. The molecule has 1 aliphatic rings. The molecule has 2 rings (SSSR count). The van der Waals surface area contributed by atoms with E-state index < -0.39 is 0 Å². The van der Waals surface area contributed by atoms with Gasteiger partial charge >= 0.3 is 0 Å². The van der Waals surface area contributed by atoms with E-state index in [1.807, 2.05) is 6.07 Å². The maximum absolute atomic E-state index is 9.79. The highest BCUT2D eigenvalue weighted by Gasteiger charge is 2.24. The minimum absolute atomic E-state index is 0.192. The number of hydrogen-bond donors (Lipinski definition) is 1. The molecule has 0 aromatic heterocycles. The van der Waals surface area contributed by atoms with E-state index in [0.29, 0.717) is 24.0 Å². The van der Waals surface area contributed by atoms with Gasteiger partial charge in [0.1, 0.15) is 12.4 Å². The number of hydrogen-bond acceptors (Lipinski definition) is 3. The van der Waals surface area contributed by atoms with E-state index in [-0.39, 0.29) is 11.8 Å². The first-order chi connectivity index (χ1) is 7.58. The summed E-state index contributed by atoms with van der Waals surface area (Å²) in [4.78, 5) is 4.47. The topological polar surface area (TPSA) is 41.8 Å². The largest absolute Gasteiger partial charge is 0.507 e. The maximum atomic E-state index is 9.79. The molecule has 0 radical (unpaired) electrons. The van der Waals surface area contributed by atoms with Gasteiger partial charge in [0.2, 0.25) is 5.90 Å². The van der Waals surface area contributed by atoms with Crippen LogP contribution in [0.4, 0.5) is 0 Å². The molecule has 1 aliphatic heterocycles. The third kappa shape index (κ3) is 2.21. The van der Waals surface area contributed by atoms with Gasteiger partial charge in [0.25, 0.3) is 0 Å². The van der Waals surface area contributed by atoms with Crippen LogP contribution in [0.2, 0.25) is 0 Å². The summed E-state index contributed by atoms with van der Waals surface area (Å²) in [5.74, 6) is 1.19. The molecule has 86 valence electrons. The zero-order valence-corrected chi connectivity index (χ0v) is 10.9. The standard InChI is InChI=1S/C12H14BrNO2/c1-7(2)10-6-16-12(14-10)9-4-3-8(13)5-11(9)15/h3-5,7,10,15H,6H2,1-2H3. The monoisotopic (exact) mass is 283 g/mol. The van der Waals surface area contributed by atoms with E-state index in [9.17, 15) is 5.11 Å². The summed E-state index contributed by atoms with van der Waals surface area (Å²) in [5, 5.41) is 9.79. The van der Waals surface area contributed by atoms with E-state index in [1.54, 1.807) is 12.1 Å². The van der Waals surface area contributed by atoms with Crippen LogP contribution in [0, 0.1) is 5.92 Å². The highest BCUT2D eigenvalue weighted by molar-refractivity contribution is 9.10. The molecule has 3 nitrogen and oxygen atoms in total. The van der Waals surface area contributed by atoms with Crippen molar-refractivity contribution in [3.05, 3.63) is 28.2 Å². The van der Waals surface area contributed by atoms with Crippen LogP contribution in [0.25, 0.3) is 0 Å². The number of ether oxygens (including phenoxy) is 1. The highest BCUT2D eigenvalue weighted by atomic mass is 79.9. The van der Waals surface area contributed by atoms with E-state index >= 15 is 0 Å². The van der Waals surface area contributed by atoms with Crippen LogP contribution in [0.3, 0.4) is 0 Å². The lowest BCUT2D eigenvalue weighted by Gasteiger charge is -2.06. The summed E-state index contributed by atoms with van der Waals surface area (Å²) in [6.45, 7) is 4.83. The molecule has 0 bridgehead atoms. The molecule has 1 aromatic carbocycles. The molecule has 1 aromatic rings. The average molecular weight is 284 g/mol. The van der Waals surface area contributed by atoms with Crippen LogP contribution in [0.15, 0.2) is 27.7 Å². The van der Waals surface area contributed by atoms with Crippen molar-refractivity contribution in [2.75, 3.05) is 6.61 Å². The van der Waals surface area contributed by atoms with Crippen molar-refractivity contribution >= 4 is 21.8 Å². The van der Waals surface area contributed by atoms with E-state index in [2.05, 4.69) is 34.8 Å². The van der Waals surface area contributed by atoms with Crippen molar-refractivity contribution in [2.45, 2.75) is 19.9 Å². The third-order valence-corrected chi connectivity index (χ3v) is 3.13. The number of phenols is 1. The van der Waals surface area contributed by atoms with Crippen LogP contribution in [-0.2, 0) is 4.74 Å². The predicted octanol–water partition coefficient (Wildman–Crippen LogP) is 2.96. The van der Waals surface area contributed by atoms with Gasteiger partial charge in [-0.1, -0.05) is 29.8 Å². The van der Waals surface area contributed by atoms with Gasteiger partial charge in [-0.25, -0.2) is 4.99 Å². The van der Waals surface area contributed by atoms with E-state index in [4.69, 9.17) is 4.74 Å². The Kier molecular flexibility index (Phi) is 3.19. The second-order valence-corrected chi connectivity index (χ2v) is 5.13. The lowest BCUT2D eigenvalue weighted by atomic mass is 10.1. The second kappa shape index (κ2) is 4.45. The molecule has 0 amide bonds. The summed E-state index contributed by atoms with van der Waals surface area (Å²) in [6.07, 6.45) is 0. The second-order valence-electron chi connectivity index (χ2n) is 4.22. The zero-order valence-electron chi connectivity index (χ0n) is 9.27. The molecule has 0 saturated carbocycles. The Morgan fingerprint density at radius 3 is 2.81 bits per heavy atom. The van der Waals surface area contributed by atoms with Gasteiger partial charge < -0.3 is 9.84 Å². The molecule has 0 fully saturated rings. The first kappa shape index (κ1) is 11.5. The number of halogens is 1. The van der Waals surface area contributed by atoms with Crippen molar-refractivity contribution in [1.29, 1.82) is 0 Å². The van der Waals surface area contributed by atoms with E-state index in [0.717, 1.165) is 4.47 Å². The first-order valence-electron chi connectivity index (χ1n) is 5.27. The lowest BCUT2D eigenvalue weighted by Crippen LogP contribution is -2.13. The Hall–Kier alpha value is -1.03. The van der Waals surface area contributed by atoms with Gasteiger partial charge in [-0.3, -0.25) is 0 Å². The molecule has 0 spiro atoms. The van der Waals surface area contributed by atoms with Crippen molar-refractivity contribution in [3.63, 3.8) is 0 Å². The molecule has 1 atom stereocenters. The van der Waals surface area contributed by atoms with E-state index in [1.165, 1.54) is 0 Å². The normalized spacial score (nSPS) is 19.8. The van der Waals surface area contributed by atoms with Crippen molar-refractivity contribution in [1.82, 2.24) is 0 Å². The number of benzene rings is 1. The smallest absolute Gasteiger partial charge is 0.220 e. The fourth-order valence-electron chi connectivity index (χ4n) is 1.56. The van der Waals surface area contributed by atoms with Gasteiger partial charge in [-0.15, -0.1) is 0 Å². The van der Waals surface area contributed by atoms with Gasteiger partial charge in [0.15, 0.2) is 0 Å². The number of nitrogens with zero attached hydrogens (tertiary/aromatic N) is 1. The molecular weight excluding hydrogens is 270 g/mol. The summed E-state index contributed by atoms with van der Waals surface area (Å²) in [5.41, 5.74) is 0.659.